The van der Waals surface area contributed by atoms with E-state index >= 15 is 0 Å². The molecule has 0 bridgehead atoms. The molecule has 0 saturated carbocycles. The van der Waals surface area contributed by atoms with E-state index in [-0.39, 0.29) is 13.0 Å². The zero-order valence-electron chi connectivity index (χ0n) is 12.0. The van der Waals surface area contributed by atoms with Crippen molar-refractivity contribution in [2.24, 2.45) is 5.92 Å². The zero-order chi connectivity index (χ0) is 16.0. The van der Waals surface area contributed by atoms with E-state index in [9.17, 15) is 14.4 Å². The van der Waals surface area contributed by atoms with Crippen LogP contribution in [0.3, 0.4) is 0 Å². The highest BCUT2D eigenvalue weighted by Crippen LogP contribution is 2.10. The summed E-state index contributed by atoms with van der Waals surface area (Å²) in [5.74, 6) is -3.45. The molecular formula is C15H19NO5. The van der Waals surface area contributed by atoms with Crippen molar-refractivity contribution < 1.29 is 24.6 Å². The van der Waals surface area contributed by atoms with E-state index < -0.39 is 29.8 Å². The van der Waals surface area contributed by atoms with E-state index in [0.29, 0.717) is 0 Å². The van der Waals surface area contributed by atoms with Gasteiger partial charge in [0.1, 0.15) is 6.04 Å². The Labute approximate surface area is 123 Å². The fourth-order valence-electron chi connectivity index (χ4n) is 1.85. The lowest BCUT2D eigenvalue weighted by atomic mass is 10.1. The third-order valence-corrected chi connectivity index (χ3v) is 3.24. The number of carboxylic acids is 2. The van der Waals surface area contributed by atoms with Crippen LogP contribution in [0.1, 0.15) is 19.4 Å². The molecule has 2 unspecified atom stereocenters. The summed E-state index contributed by atoms with van der Waals surface area (Å²) in [6.45, 7) is 2.69. The Hall–Kier alpha value is -2.37. The second-order valence-electron chi connectivity index (χ2n) is 4.96. The maximum Gasteiger partial charge on any atom is 0.326 e. The van der Waals surface area contributed by atoms with Gasteiger partial charge in [0.25, 0.3) is 0 Å². The van der Waals surface area contributed by atoms with E-state index in [1.807, 2.05) is 6.07 Å². The maximum absolute atomic E-state index is 12.3. The third-order valence-electron chi connectivity index (χ3n) is 3.24. The minimum absolute atomic E-state index is 0.0464. The van der Waals surface area contributed by atoms with Gasteiger partial charge >= 0.3 is 11.9 Å². The molecular weight excluding hydrogens is 274 g/mol. The third kappa shape index (κ3) is 4.91. The molecule has 0 fully saturated rings. The van der Waals surface area contributed by atoms with E-state index in [1.165, 1.54) is 13.8 Å². The minimum Gasteiger partial charge on any atom is -0.481 e. The molecule has 0 aliphatic heterocycles. The second kappa shape index (κ2) is 7.42. The predicted molar refractivity (Wildman–Crippen MR) is 75.8 cm³/mol. The Morgan fingerprint density at radius 3 is 2.10 bits per heavy atom. The fourth-order valence-corrected chi connectivity index (χ4v) is 1.85. The molecule has 0 spiro atoms. The Bertz CT molecular complexity index is 514. The Balaban J connectivity index is 2.87. The van der Waals surface area contributed by atoms with E-state index in [4.69, 9.17) is 10.2 Å². The normalized spacial score (nSPS) is 13.2. The number of carboxylic acid groups (broad SMARTS) is 2. The number of hydrogen-bond acceptors (Lipinski definition) is 3. The van der Waals surface area contributed by atoms with Crippen molar-refractivity contribution in [1.82, 2.24) is 4.90 Å². The lowest BCUT2D eigenvalue weighted by Gasteiger charge is -2.28. The van der Waals surface area contributed by atoms with E-state index in [0.717, 1.165) is 10.5 Å². The molecule has 21 heavy (non-hydrogen) atoms. The molecule has 6 nitrogen and oxygen atoms in total. The lowest BCUT2D eigenvalue weighted by Crippen LogP contribution is -2.47. The number of aliphatic carboxylic acids is 2. The molecule has 114 valence electrons. The number of carbonyl (C=O) groups excluding carboxylic acids is 1. The van der Waals surface area contributed by atoms with Crippen molar-refractivity contribution in [2.45, 2.75) is 26.3 Å². The first-order chi connectivity index (χ1) is 9.82. The minimum atomic E-state index is -1.16. The summed E-state index contributed by atoms with van der Waals surface area (Å²) >= 11 is 0. The van der Waals surface area contributed by atoms with Gasteiger partial charge in [-0.15, -0.1) is 0 Å². The van der Waals surface area contributed by atoms with Gasteiger partial charge in [-0.1, -0.05) is 37.3 Å². The largest absolute Gasteiger partial charge is 0.481 e. The summed E-state index contributed by atoms with van der Waals surface area (Å²) < 4.78 is 0. The van der Waals surface area contributed by atoms with Crippen molar-refractivity contribution in [3.63, 3.8) is 0 Å². The van der Waals surface area contributed by atoms with Crippen LogP contribution in [-0.4, -0.2) is 45.5 Å². The van der Waals surface area contributed by atoms with E-state index in [1.54, 1.807) is 24.3 Å². The molecule has 1 rings (SSSR count). The van der Waals surface area contributed by atoms with Crippen LogP contribution in [-0.2, 0) is 20.8 Å². The average Bonchev–Trinajstić information content (AvgIpc) is 2.44. The van der Waals surface area contributed by atoms with Gasteiger partial charge in [0.2, 0.25) is 5.91 Å². The summed E-state index contributed by atoms with van der Waals surface area (Å²) in [7, 11) is 0. The summed E-state index contributed by atoms with van der Waals surface area (Å²) in [5.41, 5.74) is 0.757. The standard InChI is InChI=1S/C15H19NO5/c1-10(14(18)19)9-16(11(2)15(20)21)13(17)8-12-6-4-3-5-7-12/h3-7,10-11H,8-9H2,1-2H3,(H,18,19)(H,20,21). The van der Waals surface area contributed by atoms with Crippen molar-refractivity contribution in [3.8, 4) is 0 Å². The van der Waals surface area contributed by atoms with Gasteiger partial charge in [0, 0.05) is 6.54 Å². The van der Waals surface area contributed by atoms with Crippen LogP contribution in [0.15, 0.2) is 30.3 Å². The van der Waals surface area contributed by atoms with Gasteiger partial charge in [-0.3, -0.25) is 9.59 Å². The zero-order valence-corrected chi connectivity index (χ0v) is 12.0. The Morgan fingerprint density at radius 1 is 1.05 bits per heavy atom. The van der Waals surface area contributed by atoms with Crippen LogP contribution < -0.4 is 0 Å². The number of rotatable bonds is 7. The quantitative estimate of drug-likeness (QED) is 0.789. The number of carbonyl (C=O) groups is 3. The summed E-state index contributed by atoms with van der Waals surface area (Å²) in [5, 5.41) is 18.0. The molecule has 0 aliphatic rings. The Kier molecular flexibility index (Phi) is 5.90. The number of amides is 1. The van der Waals surface area contributed by atoms with Crippen LogP contribution in [0.4, 0.5) is 0 Å². The molecule has 1 amide bonds. The number of hydrogen-bond donors (Lipinski definition) is 2. The smallest absolute Gasteiger partial charge is 0.326 e. The first-order valence-electron chi connectivity index (χ1n) is 6.62. The molecule has 0 aromatic heterocycles. The van der Waals surface area contributed by atoms with Gasteiger partial charge in [-0.05, 0) is 12.5 Å². The predicted octanol–water partition coefficient (Wildman–Crippen LogP) is 1.25. The van der Waals surface area contributed by atoms with Crippen LogP contribution >= 0.6 is 0 Å². The highest BCUT2D eigenvalue weighted by atomic mass is 16.4. The molecule has 0 radical (unpaired) electrons. The average molecular weight is 293 g/mol. The van der Waals surface area contributed by atoms with Crippen molar-refractivity contribution in [3.05, 3.63) is 35.9 Å². The summed E-state index contributed by atoms with van der Waals surface area (Å²) in [6.07, 6.45) is 0.0464. The first kappa shape index (κ1) is 16.7. The highest BCUT2D eigenvalue weighted by Gasteiger charge is 2.28. The monoisotopic (exact) mass is 293 g/mol. The van der Waals surface area contributed by atoms with Crippen LogP contribution in [0, 0.1) is 5.92 Å². The maximum atomic E-state index is 12.3. The first-order valence-corrected chi connectivity index (χ1v) is 6.62. The SMILES string of the molecule is CC(CN(C(=O)Cc1ccccc1)C(C)C(=O)O)C(=O)O. The van der Waals surface area contributed by atoms with E-state index in [2.05, 4.69) is 0 Å². The lowest BCUT2D eigenvalue weighted by molar-refractivity contribution is -0.152. The molecule has 2 atom stereocenters. The van der Waals surface area contributed by atoms with Crippen molar-refractivity contribution in [2.75, 3.05) is 6.54 Å². The van der Waals surface area contributed by atoms with Gasteiger partial charge < -0.3 is 15.1 Å². The molecule has 6 heteroatoms. The van der Waals surface area contributed by atoms with Crippen molar-refractivity contribution >= 4 is 17.8 Å². The highest BCUT2D eigenvalue weighted by molar-refractivity contribution is 5.85. The molecule has 0 aliphatic carbocycles. The fraction of sp³-hybridized carbons (Fsp3) is 0.400. The molecule has 0 heterocycles. The molecule has 1 aromatic rings. The summed E-state index contributed by atoms with van der Waals surface area (Å²) in [6, 6.07) is 7.85. The number of benzene rings is 1. The van der Waals surface area contributed by atoms with Crippen LogP contribution in [0.5, 0.6) is 0 Å². The molecule has 0 saturated heterocycles. The van der Waals surface area contributed by atoms with Gasteiger partial charge in [0.15, 0.2) is 0 Å². The van der Waals surface area contributed by atoms with Crippen LogP contribution in [0.2, 0.25) is 0 Å². The molecule has 1 aromatic carbocycles. The van der Waals surface area contributed by atoms with Crippen molar-refractivity contribution in [1.29, 1.82) is 0 Å². The molecule has 2 N–H and O–H groups in total. The van der Waals surface area contributed by atoms with Gasteiger partial charge in [0.05, 0.1) is 12.3 Å². The second-order valence-corrected chi connectivity index (χ2v) is 4.96. The summed E-state index contributed by atoms with van der Waals surface area (Å²) in [4.78, 5) is 35.4. The Morgan fingerprint density at radius 2 is 1.62 bits per heavy atom. The topological polar surface area (TPSA) is 94.9 Å². The number of nitrogens with zero attached hydrogens (tertiary/aromatic N) is 1. The van der Waals surface area contributed by atoms with Gasteiger partial charge in [-0.25, -0.2) is 4.79 Å². The van der Waals surface area contributed by atoms with Gasteiger partial charge in [-0.2, -0.15) is 0 Å². The van der Waals surface area contributed by atoms with Crippen LogP contribution in [0.25, 0.3) is 0 Å².